The number of nitrogens with zero attached hydrogens (tertiary/aromatic N) is 2. The molecule has 1 aromatic carbocycles. The summed E-state index contributed by atoms with van der Waals surface area (Å²) in [5.74, 6) is -0.258. The Balaban J connectivity index is 2.66. The van der Waals surface area contributed by atoms with E-state index in [-0.39, 0.29) is 16.5 Å². The van der Waals surface area contributed by atoms with Gasteiger partial charge in [0.1, 0.15) is 5.82 Å². The molecule has 1 aromatic heterocycles. The van der Waals surface area contributed by atoms with Crippen molar-refractivity contribution in [2.75, 3.05) is 5.73 Å². The average Bonchev–Trinajstić information content (AvgIpc) is 2.58. The zero-order valence-electron chi connectivity index (χ0n) is 8.48. The maximum absolute atomic E-state index is 9.74. The van der Waals surface area contributed by atoms with Gasteiger partial charge in [-0.1, -0.05) is 11.6 Å². The number of hydrogen-bond acceptors (Lipinski definition) is 4. The lowest BCUT2D eigenvalue weighted by Gasteiger charge is -2.06. The SMILES string of the molecule is Cn1ncc(-c2ccc(Cl)c(O)c2O)c1N. The Morgan fingerprint density at radius 2 is 1.94 bits per heavy atom. The number of nitrogen functional groups attached to an aromatic ring is 1. The quantitative estimate of drug-likeness (QED) is 0.662. The summed E-state index contributed by atoms with van der Waals surface area (Å²) >= 11 is 5.66. The molecule has 5 nitrogen and oxygen atoms in total. The van der Waals surface area contributed by atoms with Crippen molar-refractivity contribution >= 4 is 17.4 Å². The smallest absolute Gasteiger partial charge is 0.177 e. The van der Waals surface area contributed by atoms with Crippen LogP contribution in [-0.4, -0.2) is 20.0 Å². The third kappa shape index (κ3) is 1.45. The normalized spacial score (nSPS) is 10.6. The number of benzene rings is 1. The molecule has 4 N–H and O–H groups in total. The summed E-state index contributed by atoms with van der Waals surface area (Å²) in [6.45, 7) is 0. The molecule has 16 heavy (non-hydrogen) atoms. The van der Waals surface area contributed by atoms with Crippen molar-refractivity contribution in [1.82, 2.24) is 9.78 Å². The molecule has 0 atom stereocenters. The summed E-state index contributed by atoms with van der Waals surface area (Å²) in [4.78, 5) is 0. The highest BCUT2D eigenvalue weighted by Gasteiger charge is 2.15. The molecular weight excluding hydrogens is 230 g/mol. The third-order valence-electron chi connectivity index (χ3n) is 2.38. The highest BCUT2D eigenvalue weighted by molar-refractivity contribution is 6.32. The lowest BCUT2D eigenvalue weighted by molar-refractivity contribution is 0.405. The molecule has 2 rings (SSSR count). The third-order valence-corrected chi connectivity index (χ3v) is 2.68. The number of nitrogens with two attached hydrogens (primary N) is 1. The van der Waals surface area contributed by atoms with E-state index in [1.807, 2.05) is 0 Å². The van der Waals surface area contributed by atoms with E-state index >= 15 is 0 Å². The van der Waals surface area contributed by atoms with Gasteiger partial charge in [0, 0.05) is 18.2 Å². The molecule has 84 valence electrons. The van der Waals surface area contributed by atoms with E-state index in [0.717, 1.165) is 0 Å². The average molecular weight is 240 g/mol. The molecule has 2 aromatic rings. The summed E-state index contributed by atoms with van der Waals surface area (Å²) in [5, 5.41) is 23.3. The van der Waals surface area contributed by atoms with Gasteiger partial charge in [0.15, 0.2) is 11.5 Å². The summed E-state index contributed by atoms with van der Waals surface area (Å²) in [6.07, 6.45) is 1.51. The largest absolute Gasteiger partial charge is 0.504 e. The monoisotopic (exact) mass is 239 g/mol. The van der Waals surface area contributed by atoms with Gasteiger partial charge in [0.25, 0.3) is 0 Å². The minimum absolute atomic E-state index is 0.0868. The second-order valence-corrected chi connectivity index (χ2v) is 3.77. The standard InChI is InChI=1S/C10H10ClN3O2/c1-14-10(12)6(4-13-14)5-2-3-7(11)9(16)8(5)15/h2-4,15-16H,12H2,1H3. The molecule has 0 aliphatic carbocycles. The Morgan fingerprint density at radius 3 is 2.50 bits per heavy atom. The Hall–Kier alpha value is -1.88. The van der Waals surface area contributed by atoms with Crippen LogP contribution >= 0.6 is 11.6 Å². The van der Waals surface area contributed by atoms with Crippen LogP contribution in [0.3, 0.4) is 0 Å². The summed E-state index contributed by atoms with van der Waals surface area (Å²) in [6, 6.07) is 3.06. The van der Waals surface area contributed by atoms with Crippen LogP contribution in [0.5, 0.6) is 11.5 Å². The van der Waals surface area contributed by atoms with E-state index in [1.165, 1.54) is 16.9 Å². The van der Waals surface area contributed by atoms with E-state index in [9.17, 15) is 10.2 Å². The molecule has 0 aliphatic heterocycles. The lowest BCUT2D eigenvalue weighted by atomic mass is 10.1. The lowest BCUT2D eigenvalue weighted by Crippen LogP contribution is -1.98. The highest BCUT2D eigenvalue weighted by atomic mass is 35.5. The molecular formula is C10H10ClN3O2. The number of aromatic nitrogens is 2. The second kappa shape index (κ2) is 3.61. The van der Waals surface area contributed by atoms with Crippen molar-refractivity contribution in [2.24, 2.45) is 7.05 Å². The Morgan fingerprint density at radius 1 is 1.25 bits per heavy atom. The number of hydrogen-bond donors (Lipinski definition) is 3. The first-order chi connectivity index (χ1) is 7.52. The van der Waals surface area contributed by atoms with E-state index in [0.29, 0.717) is 16.9 Å². The van der Waals surface area contributed by atoms with Crippen molar-refractivity contribution in [3.63, 3.8) is 0 Å². The van der Waals surface area contributed by atoms with E-state index in [1.54, 1.807) is 13.1 Å². The maximum Gasteiger partial charge on any atom is 0.177 e. The van der Waals surface area contributed by atoms with E-state index in [4.69, 9.17) is 17.3 Å². The first-order valence-electron chi connectivity index (χ1n) is 4.50. The molecule has 0 radical (unpaired) electrons. The molecule has 0 spiro atoms. The number of aromatic hydroxyl groups is 2. The van der Waals surface area contributed by atoms with Crippen molar-refractivity contribution in [3.8, 4) is 22.6 Å². The Bertz CT molecular complexity index is 551. The molecule has 1 heterocycles. The molecule has 0 bridgehead atoms. The summed E-state index contributed by atoms with van der Waals surface area (Å²) in [5.41, 5.74) is 6.71. The fourth-order valence-corrected chi connectivity index (χ4v) is 1.58. The second-order valence-electron chi connectivity index (χ2n) is 3.36. The fourth-order valence-electron chi connectivity index (χ4n) is 1.43. The van der Waals surface area contributed by atoms with Crippen LogP contribution in [0.25, 0.3) is 11.1 Å². The number of halogens is 1. The van der Waals surface area contributed by atoms with Gasteiger partial charge in [-0.15, -0.1) is 0 Å². The molecule has 0 amide bonds. The zero-order chi connectivity index (χ0) is 11.9. The number of phenolic OH excluding ortho intramolecular Hbond substituents is 2. The van der Waals surface area contributed by atoms with Crippen LogP contribution in [-0.2, 0) is 7.05 Å². The minimum Gasteiger partial charge on any atom is -0.504 e. The van der Waals surface area contributed by atoms with Crippen LogP contribution in [0.1, 0.15) is 0 Å². The number of rotatable bonds is 1. The van der Waals surface area contributed by atoms with Gasteiger partial charge in [0.2, 0.25) is 0 Å². The van der Waals surface area contributed by atoms with Crippen LogP contribution < -0.4 is 5.73 Å². The van der Waals surface area contributed by atoms with Gasteiger partial charge < -0.3 is 15.9 Å². The van der Waals surface area contributed by atoms with Gasteiger partial charge in [-0.05, 0) is 12.1 Å². The number of phenols is 2. The molecule has 0 fully saturated rings. The predicted molar refractivity (Wildman–Crippen MR) is 61.4 cm³/mol. The van der Waals surface area contributed by atoms with Gasteiger partial charge in [-0.3, -0.25) is 4.68 Å². The van der Waals surface area contributed by atoms with Crippen molar-refractivity contribution in [2.45, 2.75) is 0 Å². The summed E-state index contributed by atoms with van der Waals surface area (Å²) < 4.78 is 1.47. The highest BCUT2D eigenvalue weighted by Crippen LogP contribution is 2.42. The molecule has 0 aliphatic rings. The maximum atomic E-state index is 9.74. The van der Waals surface area contributed by atoms with Gasteiger partial charge in [-0.25, -0.2) is 0 Å². The van der Waals surface area contributed by atoms with Crippen LogP contribution in [0, 0.1) is 0 Å². The Labute approximate surface area is 96.7 Å². The van der Waals surface area contributed by atoms with E-state index in [2.05, 4.69) is 5.10 Å². The van der Waals surface area contributed by atoms with Crippen LogP contribution in [0.4, 0.5) is 5.82 Å². The summed E-state index contributed by atoms with van der Waals surface area (Å²) in [7, 11) is 1.69. The van der Waals surface area contributed by atoms with Crippen molar-refractivity contribution in [3.05, 3.63) is 23.4 Å². The zero-order valence-corrected chi connectivity index (χ0v) is 9.23. The van der Waals surface area contributed by atoms with Gasteiger partial charge in [-0.2, -0.15) is 5.10 Å². The molecule has 0 saturated heterocycles. The Kier molecular flexibility index (Phi) is 2.40. The first-order valence-corrected chi connectivity index (χ1v) is 4.88. The van der Waals surface area contributed by atoms with E-state index < -0.39 is 0 Å². The van der Waals surface area contributed by atoms with Crippen LogP contribution in [0.2, 0.25) is 5.02 Å². The topological polar surface area (TPSA) is 84.3 Å². The molecule has 0 saturated carbocycles. The first kappa shape index (κ1) is 10.6. The van der Waals surface area contributed by atoms with Crippen LogP contribution in [0.15, 0.2) is 18.3 Å². The van der Waals surface area contributed by atoms with Crippen molar-refractivity contribution < 1.29 is 10.2 Å². The number of anilines is 1. The minimum atomic E-state index is -0.359. The number of aryl methyl sites for hydroxylation is 1. The van der Waals surface area contributed by atoms with Crippen molar-refractivity contribution in [1.29, 1.82) is 0 Å². The van der Waals surface area contributed by atoms with Gasteiger partial charge >= 0.3 is 0 Å². The fraction of sp³-hybridized carbons (Fsp3) is 0.100. The molecule has 6 heteroatoms. The molecule has 0 unspecified atom stereocenters. The van der Waals surface area contributed by atoms with Gasteiger partial charge in [0.05, 0.1) is 11.2 Å². The predicted octanol–water partition coefficient (Wildman–Crippen LogP) is 1.73.